The third-order valence-electron chi connectivity index (χ3n) is 2.45. The molecule has 0 aliphatic rings. The molecule has 0 spiro atoms. The van der Waals surface area contributed by atoms with Crippen molar-refractivity contribution in [1.82, 2.24) is 10.3 Å². The lowest BCUT2D eigenvalue weighted by molar-refractivity contribution is -0.115. The first-order valence-corrected chi connectivity index (χ1v) is 6.61. The summed E-state index contributed by atoms with van der Waals surface area (Å²) in [5.41, 5.74) is 0.811. The Morgan fingerprint density at radius 3 is 2.83 bits per heavy atom. The first-order valence-electron chi connectivity index (χ1n) is 5.73. The smallest absolute Gasteiger partial charge is 0.238 e. The van der Waals surface area contributed by atoms with E-state index in [1.54, 1.807) is 17.5 Å². The van der Waals surface area contributed by atoms with Crippen LogP contribution in [0.3, 0.4) is 0 Å². The summed E-state index contributed by atoms with van der Waals surface area (Å²) < 4.78 is 0. The molecule has 2 N–H and O–H groups in total. The normalized spacial score (nSPS) is 12.1. The molecule has 94 valence electrons. The van der Waals surface area contributed by atoms with E-state index in [2.05, 4.69) is 15.6 Å². The number of carbonyl (C=O) groups excluding carboxylic acids is 1. The second-order valence-electron chi connectivity index (χ2n) is 3.89. The largest absolute Gasteiger partial charge is 0.325 e. The zero-order valence-corrected chi connectivity index (χ0v) is 10.9. The van der Waals surface area contributed by atoms with Gasteiger partial charge >= 0.3 is 0 Å². The number of benzene rings is 1. The van der Waals surface area contributed by atoms with E-state index in [1.165, 1.54) is 0 Å². The molecule has 2 rings (SSSR count). The number of nitrogens with one attached hydrogen (secondary N) is 2. The van der Waals surface area contributed by atoms with Gasteiger partial charge in [-0.3, -0.25) is 10.1 Å². The molecule has 0 fully saturated rings. The van der Waals surface area contributed by atoms with Gasteiger partial charge in [-0.15, -0.1) is 11.3 Å². The van der Waals surface area contributed by atoms with Crippen LogP contribution in [0.5, 0.6) is 0 Å². The number of hydrogen-bond acceptors (Lipinski definition) is 4. The van der Waals surface area contributed by atoms with Crippen LogP contribution in [0.4, 0.5) is 5.69 Å². The van der Waals surface area contributed by atoms with Crippen molar-refractivity contribution in [1.29, 1.82) is 0 Å². The van der Waals surface area contributed by atoms with Crippen molar-refractivity contribution in [3.05, 3.63) is 46.9 Å². The number of aromatic nitrogens is 1. The lowest BCUT2D eigenvalue weighted by Gasteiger charge is -2.11. The molecule has 18 heavy (non-hydrogen) atoms. The molecule has 1 aromatic heterocycles. The fourth-order valence-corrected chi connectivity index (χ4v) is 2.18. The van der Waals surface area contributed by atoms with E-state index >= 15 is 0 Å². The topological polar surface area (TPSA) is 54.0 Å². The minimum absolute atomic E-state index is 0.0513. The van der Waals surface area contributed by atoms with Crippen LogP contribution in [0, 0.1) is 0 Å². The molecule has 0 saturated heterocycles. The zero-order chi connectivity index (χ0) is 12.8. The van der Waals surface area contributed by atoms with Crippen LogP contribution in [0.25, 0.3) is 0 Å². The summed E-state index contributed by atoms with van der Waals surface area (Å²) in [6.07, 6.45) is 1.77. The first kappa shape index (κ1) is 12.7. The highest BCUT2D eigenvalue weighted by atomic mass is 32.1. The Morgan fingerprint density at radius 1 is 1.39 bits per heavy atom. The fraction of sp³-hybridized carbons (Fsp3) is 0.231. The number of nitrogens with zero attached hydrogens (tertiary/aromatic N) is 1. The summed E-state index contributed by atoms with van der Waals surface area (Å²) in [5, 5.41) is 8.88. The minimum Gasteiger partial charge on any atom is -0.325 e. The van der Waals surface area contributed by atoms with Crippen molar-refractivity contribution in [3.8, 4) is 0 Å². The molecular weight excluding hydrogens is 246 g/mol. The number of carbonyl (C=O) groups is 1. The molecule has 2 aromatic rings. The van der Waals surface area contributed by atoms with Crippen LogP contribution in [0.1, 0.15) is 18.0 Å². The number of anilines is 1. The van der Waals surface area contributed by atoms with Crippen LogP contribution < -0.4 is 10.6 Å². The van der Waals surface area contributed by atoms with Gasteiger partial charge in [0.25, 0.3) is 0 Å². The van der Waals surface area contributed by atoms with Gasteiger partial charge in [0.2, 0.25) is 5.91 Å². The molecule has 0 aliphatic carbocycles. The number of hydrogen-bond donors (Lipinski definition) is 2. The van der Waals surface area contributed by atoms with Crippen LogP contribution in [-0.2, 0) is 4.79 Å². The van der Waals surface area contributed by atoms with E-state index in [0.717, 1.165) is 10.7 Å². The van der Waals surface area contributed by atoms with E-state index in [-0.39, 0.29) is 18.5 Å². The van der Waals surface area contributed by atoms with E-state index in [1.807, 2.05) is 42.6 Å². The molecular formula is C13H15N3OS. The Hall–Kier alpha value is -1.72. The maximum atomic E-state index is 11.7. The predicted octanol–water partition coefficient (Wildman–Crippen LogP) is 2.43. The van der Waals surface area contributed by atoms with Gasteiger partial charge in [0.15, 0.2) is 0 Å². The molecule has 0 saturated carbocycles. The van der Waals surface area contributed by atoms with Crippen molar-refractivity contribution in [2.75, 3.05) is 11.9 Å². The molecule has 1 unspecified atom stereocenters. The molecule has 1 heterocycles. The summed E-state index contributed by atoms with van der Waals surface area (Å²) in [5.74, 6) is -0.0513. The van der Waals surface area contributed by atoms with E-state index in [9.17, 15) is 4.79 Å². The van der Waals surface area contributed by atoms with E-state index in [0.29, 0.717) is 0 Å². The number of para-hydroxylation sites is 1. The average molecular weight is 261 g/mol. The Balaban J connectivity index is 1.79. The van der Waals surface area contributed by atoms with E-state index in [4.69, 9.17) is 0 Å². The molecule has 1 aromatic carbocycles. The third kappa shape index (κ3) is 3.65. The van der Waals surface area contributed by atoms with Crippen LogP contribution in [0.2, 0.25) is 0 Å². The quantitative estimate of drug-likeness (QED) is 0.869. The maximum Gasteiger partial charge on any atom is 0.238 e. The minimum atomic E-state index is -0.0513. The highest BCUT2D eigenvalue weighted by Crippen LogP contribution is 2.14. The Kier molecular flexibility index (Phi) is 4.44. The van der Waals surface area contributed by atoms with E-state index < -0.39 is 0 Å². The van der Waals surface area contributed by atoms with Gasteiger partial charge in [0.05, 0.1) is 12.6 Å². The van der Waals surface area contributed by atoms with Gasteiger partial charge in [-0.25, -0.2) is 4.98 Å². The van der Waals surface area contributed by atoms with Crippen LogP contribution in [-0.4, -0.2) is 17.4 Å². The molecule has 1 amide bonds. The number of thiazole rings is 1. The summed E-state index contributed by atoms with van der Waals surface area (Å²) in [6.45, 7) is 2.27. The summed E-state index contributed by atoms with van der Waals surface area (Å²) in [4.78, 5) is 15.9. The van der Waals surface area contributed by atoms with Gasteiger partial charge in [0, 0.05) is 17.3 Å². The zero-order valence-electron chi connectivity index (χ0n) is 10.1. The standard InChI is InChI=1S/C13H15N3OS/c1-10(13-14-7-8-18-13)15-9-12(17)16-11-5-3-2-4-6-11/h2-8,10,15H,9H2,1H3,(H,16,17). The van der Waals surface area contributed by atoms with Crippen molar-refractivity contribution in [2.45, 2.75) is 13.0 Å². The predicted molar refractivity (Wildman–Crippen MR) is 73.6 cm³/mol. The highest BCUT2D eigenvalue weighted by molar-refractivity contribution is 7.09. The lowest BCUT2D eigenvalue weighted by Crippen LogP contribution is -2.30. The molecule has 0 bridgehead atoms. The Labute approximate surface area is 110 Å². The average Bonchev–Trinajstić information content (AvgIpc) is 2.91. The van der Waals surface area contributed by atoms with Crippen molar-refractivity contribution in [2.24, 2.45) is 0 Å². The maximum absolute atomic E-state index is 11.7. The molecule has 5 heteroatoms. The molecule has 0 aliphatic heterocycles. The molecule has 1 atom stereocenters. The van der Waals surface area contributed by atoms with Crippen LogP contribution >= 0.6 is 11.3 Å². The highest BCUT2D eigenvalue weighted by Gasteiger charge is 2.09. The summed E-state index contributed by atoms with van der Waals surface area (Å²) in [6, 6.07) is 9.51. The Bertz CT molecular complexity index is 484. The number of rotatable bonds is 5. The second kappa shape index (κ2) is 6.28. The van der Waals surface area contributed by atoms with Gasteiger partial charge in [-0.05, 0) is 19.1 Å². The monoisotopic (exact) mass is 261 g/mol. The SMILES string of the molecule is CC(NCC(=O)Nc1ccccc1)c1nccs1. The van der Waals surface area contributed by atoms with Gasteiger partial charge in [0.1, 0.15) is 5.01 Å². The van der Waals surface area contributed by atoms with Crippen LogP contribution in [0.15, 0.2) is 41.9 Å². The fourth-order valence-electron chi connectivity index (χ4n) is 1.51. The molecule has 0 radical (unpaired) electrons. The van der Waals surface area contributed by atoms with Gasteiger partial charge in [-0.1, -0.05) is 18.2 Å². The number of amides is 1. The van der Waals surface area contributed by atoms with Crippen molar-refractivity contribution < 1.29 is 4.79 Å². The van der Waals surface area contributed by atoms with Crippen molar-refractivity contribution in [3.63, 3.8) is 0 Å². The van der Waals surface area contributed by atoms with Gasteiger partial charge < -0.3 is 5.32 Å². The summed E-state index contributed by atoms with van der Waals surface area (Å²) in [7, 11) is 0. The van der Waals surface area contributed by atoms with Gasteiger partial charge in [-0.2, -0.15) is 0 Å². The second-order valence-corrected chi connectivity index (χ2v) is 4.81. The van der Waals surface area contributed by atoms with Crippen molar-refractivity contribution >= 4 is 22.9 Å². The Morgan fingerprint density at radius 2 is 2.17 bits per heavy atom. The third-order valence-corrected chi connectivity index (χ3v) is 3.41. The first-order chi connectivity index (χ1) is 8.75. The summed E-state index contributed by atoms with van der Waals surface area (Å²) >= 11 is 1.58. The molecule has 4 nitrogen and oxygen atoms in total. The lowest BCUT2D eigenvalue weighted by atomic mass is 10.3.